The summed E-state index contributed by atoms with van der Waals surface area (Å²) in [5, 5.41) is 0. The van der Waals surface area contributed by atoms with E-state index in [1.54, 1.807) is 0 Å². The van der Waals surface area contributed by atoms with Crippen LogP contribution in [0.2, 0.25) is 0 Å². The highest BCUT2D eigenvalue weighted by Crippen LogP contribution is 1.87. The fourth-order valence-electron chi connectivity index (χ4n) is 0.661. The highest BCUT2D eigenvalue weighted by molar-refractivity contribution is 5.23. The summed E-state index contributed by atoms with van der Waals surface area (Å²) in [6.45, 7) is 0.228. The normalized spacial score (nSPS) is 9.91. The van der Waals surface area contributed by atoms with Gasteiger partial charge in [0.2, 0.25) is 0 Å². The number of nitrogens with zero attached hydrogens (tertiary/aromatic N) is 2. The van der Waals surface area contributed by atoms with Crippen molar-refractivity contribution in [3.63, 3.8) is 0 Å². The fraction of sp³-hybridized carbons (Fsp3) is 0.200. The minimum absolute atomic E-state index is 0.211. The van der Waals surface area contributed by atoms with Gasteiger partial charge in [0.15, 0.2) is 0 Å². The lowest BCUT2D eigenvalue weighted by Crippen LogP contribution is -2.33. The first-order chi connectivity index (χ1) is 5.24. The van der Waals surface area contributed by atoms with Crippen LogP contribution in [0.3, 0.4) is 0 Å². The van der Waals surface area contributed by atoms with Crippen molar-refractivity contribution >= 4 is 5.82 Å². The largest absolute Gasteiger partial charge is 0.383 e. The number of anilines is 1. The van der Waals surface area contributed by atoms with Crippen molar-refractivity contribution in [2.45, 2.75) is 6.67 Å². The van der Waals surface area contributed by atoms with Crippen molar-refractivity contribution in [3.05, 3.63) is 22.7 Å². The highest BCUT2D eigenvalue weighted by atomic mass is 16.1. The molecule has 0 bridgehead atoms. The van der Waals surface area contributed by atoms with E-state index in [1.807, 2.05) is 0 Å². The molecule has 6 heteroatoms. The third-order valence-electron chi connectivity index (χ3n) is 1.16. The fourth-order valence-corrected chi connectivity index (χ4v) is 0.661. The summed E-state index contributed by atoms with van der Waals surface area (Å²) in [5.41, 5.74) is 7.16. The minimum Gasteiger partial charge on any atom is -0.383 e. The van der Waals surface area contributed by atoms with Crippen molar-refractivity contribution in [1.82, 2.24) is 15.0 Å². The number of hydrogen-bond donors (Lipinski definition) is 3. The molecule has 0 aromatic carbocycles. The summed E-state index contributed by atoms with van der Waals surface area (Å²) in [5.74, 6) is 5.21. The van der Waals surface area contributed by atoms with Gasteiger partial charge in [-0.2, -0.15) is 4.98 Å². The molecular weight excluding hydrogens is 146 g/mol. The molecule has 0 fully saturated rings. The zero-order valence-electron chi connectivity index (χ0n) is 5.82. The standard InChI is InChI=1S/C5H9N5O/c6-4-1-2-10(3-8-7)5(11)9-4/h1-2,8H,3,7H2,(H2,6,9,11). The summed E-state index contributed by atoms with van der Waals surface area (Å²) in [6, 6.07) is 1.53. The van der Waals surface area contributed by atoms with Gasteiger partial charge < -0.3 is 5.73 Å². The average Bonchev–Trinajstić information content (AvgIpc) is 1.95. The molecule has 0 aliphatic heterocycles. The predicted molar refractivity (Wildman–Crippen MR) is 40.2 cm³/mol. The molecule has 1 rings (SSSR count). The van der Waals surface area contributed by atoms with E-state index in [9.17, 15) is 4.79 Å². The van der Waals surface area contributed by atoms with Gasteiger partial charge in [0, 0.05) is 6.20 Å². The molecule has 11 heavy (non-hydrogen) atoms. The maximum atomic E-state index is 10.9. The second kappa shape index (κ2) is 3.13. The number of rotatable bonds is 2. The van der Waals surface area contributed by atoms with Crippen molar-refractivity contribution in [3.8, 4) is 0 Å². The summed E-state index contributed by atoms with van der Waals surface area (Å²) in [7, 11) is 0. The number of nitrogens with two attached hydrogens (primary N) is 2. The zero-order chi connectivity index (χ0) is 8.27. The van der Waals surface area contributed by atoms with Crippen LogP contribution in [0.1, 0.15) is 0 Å². The van der Waals surface area contributed by atoms with Crippen molar-refractivity contribution in [2.24, 2.45) is 5.84 Å². The number of hydrazine groups is 1. The second-order valence-corrected chi connectivity index (χ2v) is 1.97. The maximum Gasteiger partial charge on any atom is 0.350 e. The molecule has 0 saturated heterocycles. The Labute approximate surface area is 62.8 Å². The third-order valence-corrected chi connectivity index (χ3v) is 1.16. The van der Waals surface area contributed by atoms with Gasteiger partial charge in [-0.3, -0.25) is 10.4 Å². The van der Waals surface area contributed by atoms with Crippen LogP contribution in [0.25, 0.3) is 0 Å². The molecule has 0 spiro atoms. The predicted octanol–water partition coefficient (Wildman–Crippen LogP) is -1.75. The Morgan fingerprint density at radius 1 is 1.73 bits per heavy atom. The Morgan fingerprint density at radius 3 is 3.00 bits per heavy atom. The van der Waals surface area contributed by atoms with Crippen LogP contribution in [-0.4, -0.2) is 9.55 Å². The van der Waals surface area contributed by atoms with Crippen LogP contribution in [0, 0.1) is 0 Å². The van der Waals surface area contributed by atoms with E-state index < -0.39 is 5.69 Å². The monoisotopic (exact) mass is 155 g/mol. The molecule has 0 radical (unpaired) electrons. The number of nitrogens with one attached hydrogen (secondary N) is 1. The van der Waals surface area contributed by atoms with Gasteiger partial charge >= 0.3 is 5.69 Å². The van der Waals surface area contributed by atoms with E-state index in [4.69, 9.17) is 11.6 Å². The molecule has 1 aromatic heterocycles. The lowest BCUT2D eigenvalue weighted by Gasteiger charge is -2.01. The molecule has 0 aliphatic carbocycles. The Hall–Kier alpha value is -1.40. The maximum absolute atomic E-state index is 10.9. The summed E-state index contributed by atoms with van der Waals surface area (Å²) < 4.78 is 1.30. The van der Waals surface area contributed by atoms with Crippen molar-refractivity contribution < 1.29 is 0 Å². The summed E-state index contributed by atoms with van der Waals surface area (Å²) >= 11 is 0. The molecule has 60 valence electrons. The van der Waals surface area contributed by atoms with E-state index >= 15 is 0 Å². The Bertz CT molecular complexity index is 293. The highest BCUT2D eigenvalue weighted by Gasteiger charge is 1.94. The van der Waals surface area contributed by atoms with E-state index in [-0.39, 0.29) is 12.5 Å². The van der Waals surface area contributed by atoms with E-state index in [0.29, 0.717) is 0 Å². The average molecular weight is 155 g/mol. The molecule has 0 atom stereocenters. The SMILES string of the molecule is NNCn1ccc(N)nc1=O. The molecular formula is C5H9N5O. The van der Waals surface area contributed by atoms with Crippen molar-refractivity contribution in [2.75, 3.05) is 5.73 Å². The van der Waals surface area contributed by atoms with Gasteiger partial charge in [0.25, 0.3) is 0 Å². The van der Waals surface area contributed by atoms with Crippen molar-refractivity contribution in [1.29, 1.82) is 0 Å². The number of aromatic nitrogens is 2. The Balaban J connectivity index is 3.00. The lowest BCUT2D eigenvalue weighted by atomic mass is 10.6. The zero-order valence-corrected chi connectivity index (χ0v) is 5.82. The number of hydrogen-bond acceptors (Lipinski definition) is 5. The van der Waals surface area contributed by atoms with E-state index in [2.05, 4.69) is 10.4 Å². The first kappa shape index (κ1) is 7.70. The smallest absolute Gasteiger partial charge is 0.350 e. The Kier molecular flexibility index (Phi) is 2.19. The summed E-state index contributed by atoms with van der Waals surface area (Å²) in [4.78, 5) is 14.4. The second-order valence-electron chi connectivity index (χ2n) is 1.97. The first-order valence-corrected chi connectivity index (χ1v) is 3.00. The van der Waals surface area contributed by atoms with Gasteiger partial charge in [-0.05, 0) is 6.07 Å². The molecule has 5 N–H and O–H groups in total. The molecule has 1 aromatic rings. The van der Waals surface area contributed by atoms with Gasteiger partial charge in [-0.1, -0.05) is 0 Å². The molecule has 6 nitrogen and oxygen atoms in total. The van der Waals surface area contributed by atoms with Crippen LogP contribution in [-0.2, 0) is 6.67 Å². The quantitative estimate of drug-likeness (QED) is 0.347. The Morgan fingerprint density at radius 2 is 2.45 bits per heavy atom. The van der Waals surface area contributed by atoms with Crippen LogP contribution < -0.4 is 22.7 Å². The molecule has 0 amide bonds. The molecule has 0 saturated carbocycles. The van der Waals surface area contributed by atoms with E-state index in [0.717, 1.165) is 0 Å². The van der Waals surface area contributed by atoms with Gasteiger partial charge in [0.05, 0.1) is 6.67 Å². The summed E-state index contributed by atoms with van der Waals surface area (Å²) in [6.07, 6.45) is 1.52. The molecule has 0 aliphatic rings. The number of nitrogen functional groups attached to an aromatic ring is 1. The molecule has 0 unspecified atom stereocenters. The first-order valence-electron chi connectivity index (χ1n) is 3.00. The van der Waals surface area contributed by atoms with Gasteiger partial charge in [0.1, 0.15) is 5.82 Å². The van der Waals surface area contributed by atoms with E-state index in [1.165, 1.54) is 16.8 Å². The van der Waals surface area contributed by atoms with Crippen LogP contribution >= 0.6 is 0 Å². The third kappa shape index (κ3) is 1.76. The topological polar surface area (TPSA) is 99.0 Å². The minimum atomic E-state index is -0.414. The van der Waals surface area contributed by atoms with Crippen LogP contribution in [0.4, 0.5) is 5.82 Å². The van der Waals surface area contributed by atoms with Gasteiger partial charge in [-0.15, -0.1) is 0 Å². The molecule has 1 heterocycles. The van der Waals surface area contributed by atoms with Gasteiger partial charge in [-0.25, -0.2) is 10.2 Å². The van der Waals surface area contributed by atoms with Crippen LogP contribution in [0.15, 0.2) is 17.1 Å². The van der Waals surface area contributed by atoms with Crippen LogP contribution in [0.5, 0.6) is 0 Å². The lowest BCUT2D eigenvalue weighted by molar-refractivity contribution is 0.553.